The third-order valence-corrected chi connectivity index (χ3v) is 3.48. The van der Waals surface area contributed by atoms with Crippen LogP contribution in [0.15, 0.2) is 24.3 Å². The topological polar surface area (TPSA) is 42.7 Å². The second kappa shape index (κ2) is 6.59. The minimum atomic E-state index is -1.15. The molecule has 1 N–H and O–H groups in total. The second-order valence-electron chi connectivity index (χ2n) is 3.86. The maximum absolute atomic E-state index is 6.16. The highest BCUT2D eigenvalue weighted by molar-refractivity contribution is 6.51. The van der Waals surface area contributed by atoms with Crippen molar-refractivity contribution in [1.29, 1.82) is 0 Å². The lowest BCUT2D eigenvalue weighted by Crippen LogP contribution is -2.41. The van der Waals surface area contributed by atoms with Crippen LogP contribution in [0.25, 0.3) is 0 Å². The van der Waals surface area contributed by atoms with Crippen LogP contribution in [0.2, 0.25) is 0 Å². The summed E-state index contributed by atoms with van der Waals surface area (Å²) in [6.45, 7) is 4.66. The minimum Gasteiger partial charge on any atom is -0.290 e. The molecule has 1 rings (SSSR count). The van der Waals surface area contributed by atoms with E-state index >= 15 is 0 Å². The number of halogens is 3. The molecular formula is C10H15Cl3N4. The van der Waals surface area contributed by atoms with Crippen LogP contribution in [0.1, 0.15) is 20.0 Å². The summed E-state index contributed by atoms with van der Waals surface area (Å²) < 4.78 is 0.409. The normalized spacial score (nSPS) is 13.5. The van der Waals surface area contributed by atoms with Gasteiger partial charge < -0.3 is 0 Å². The van der Waals surface area contributed by atoms with Crippen molar-refractivity contribution in [2.45, 2.75) is 24.3 Å². The molecule has 0 aliphatic heterocycles. The zero-order valence-corrected chi connectivity index (χ0v) is 12.0. The number of hydrogen-bond donors (Lipinski definition) is 1. The molecule has 0 aliphatic carbocycles. The van der Waals surface area contributed by atoms with Crippen molar-refractivity contribution in [2.75, 3.05) is 12.4 Å². The Bertz CT molecular complexity index is 358. The van der Waals surface area contributed by atoms with Gasteiger partial charge in [-0.2, -0.15) is 5.10 Å². The van der Waals surface area contributed by atoms with Crippen molar-refractivity contribution in [3.05, 3.63) is 24.3 Å². The predicted molar refractivity (Wildman–Crippen MR) is 71.6 cm³/mol. The molecule has 0 saturated carbocycles. The number of nitrogens with zero attached hydrogens (tertiary/aromatic N) is 3. The van der Waals surface area contributed by atoms with Gasteiger partial charge in [-0.15, -0.1) is 11.6 Å². The molecule has 96 valence electrons. The summed E-state index contributed by atoms with van der Waals surface area (Å²) in [5.41, 5.74) is 1.20. The van der Waals surface area contributed by atoms with E-state index in [-0.39, 0.29) is 5.88 Å². The maximum Gasteiger partial charge on any atom is 0.166 e. The van der Waals surface area contributed by atoms with Gasteiger partial charge in [-0.1, -0.05) is 34.9 Å². The Morgan fingerprint density at radius 3 is 2.71 bits per heavy atom. The maximum atomic E-state index is 6.16. The monoisotopic (exact) mass is 296 g/mol. The highest BCUT2D eigenvalue weighted by atomic mass is 35.5. The number of aromatic nitrogens is 3. The lowest BCUT2D eigenvalue weighted by molar-refractivity contribution is 0.358. The SMILES string of the molecule is CC(C)=CCNC(n1cncn1)C(Cl)(Cl)CCl. The third kappa shape index (κ3) is 4.47. The molecule has 4 nitrogen and oxygen atoms in total. The van der Waals surface area contributed by atoms with Gasteiger partial charge in [0.15, 0.2) is 4.33 Å². The molecule has 1 heterocycles. The largest absolute Gasteiger partial charge is 0.290 e. The van der Waals surface area contributed by atoms with Crippen molar-refractivity contribution in [3.8, 4) is 0 Å². The number of hydrogen-bond acceptors (Lipinski definition) is 3. The highest BCUT2D eigenvalue weighted by Crippen LogP contribution is 2.33. The first-order chi connectivity index (χ1) is 7.97. The van der Waals surface area contributed by atoms with Crippen molar-refractivity contribution >= 4 is 34.8 Å². The fourth-order valence-electron chi connectivity index (χ4n) is 1.23. The van der Waals surface area contributed by atoms with Gasteiger partial charge in [0.25, 0.3) is 0 Å². The van der Waals surface area contributed by atoms with Crippen molar-refractivity contribution in [3.63, 3.8) is 0 Å². The fourth-order valence-corrected chi connectivity index (χ4v) is 1.74. The molecule has 1 aromatic rings. The minimum absolute atomic E-state index is 0.0858. The summed E-state index contributed by atoms with van der Waals surface area (Å²) in [4.78, 5) is 3.87. The van der Waals surface area contributed by atoms with Crippen molar-refractivity contribution in [2.24, 2.45) is 0 Å². The van der Waals surface area contributed by atoms with Crippen molar-refractivity contribution in [1.82, 2.24) is 20.1 Å². The predicted octanol–water partition coefficient (Wildman–Crippen LogP) is 2.75. The summed E-state index contributed by atoms with van der Waals surface area (Å²) in [5.74, 6) is 0.0858. The Labute approximate surface area is 116 Å². The average Bonchev–Trinajstić information content (AvgIpc) is 2.76. The number of allylic oxidation sites excluding steroid dienone is 1. The van der Waals surface area contributed by atoms with E-state index in [1.165, 1.54) is 11.9 Å². The zero-order chi connectivity index (χ0) is 12.9. The highest BCUT2D eigenvalue weighted by Gasteiger charge is 2.35. The standard InChI is InChI=1S/C10H15Cl3N4/c1-8(2)3-4-15-9(10(12,13)5-11)17-7-14-6-16-17/h3,6-7,9,15H,4-5H2,1-2H3. The smallest absolute Gasteiger partial charge is 0.166 e. The molecule has 1 aromatic heterocycles. The van der Waals surface area contributed by atoms with Gasteiger partial charge in [0.05, 0.1) is 5.88 Å². The summed E-state index contributed by atoms with van der Waals surface area (Å²) in [6.07, 6.45) is 4.57. The van der Waals surface area contributed by atoms with Crippen LogP contribution in [0.5, 0.6) is 0 Å². The van der Waals surface area contributed by atoms with E-state index in [9.17, 15) is 0 Å². The quantitative estimate of drug-likeness (QED) is 0.648. The van der Waals surface area contributed by atoms with Crippen LogP contribution < -0.4 is 5.32 Å². The molecule has 0 bridgehead atoms. The van der Waals surface area contributed by atoms with E-state index < -0.39 is 10.5 Å². The molecule has 0 spiro atoms. The van der Waals surface area contributed by atoms with Crippen LogP contribution >= 0.6 is 34.8 Å². The molecule has 0 amide bonds. The Balaban J connectivity index is 2.77. The molecule has 0 fully saturated rings. The van der Waals surface area contributed by atoms with Gasteiger partial charge in [0.2, 0.25) is 0 Å². The van der Waals surface area contributed by atoms with Gasteiger partial charge in [-0.3, -0.25) is 5.32 Å². The van der Waals surface area contributed by atoms with E-state index in [1.54, 1.807) is 11.0 Å². The van der Waals surface area contributed by atoms with Crippen LogP contribution in [0, 0.1) is 0 Å². The first kappa shape index (κ1) is 14.8. The summed E-state index contributed by atoms with van der Waals surface area (Å²) >= 11 is 18.1. The van der Waals surface area contributed by atoms with Crippen LogP contribution in [0.4, 0.5) is 0 Å². The Morgan fingerprint density at radius 1 is 1.53 bits per heavy atom. The van der Waals surface area contributed by atoms with Gasteiger partial charge in [-0.05, 0) is 13.8 Å². The van der Waals surface area contributed by atoms with Crippen LogP contribution in [-0.2, 0) is 0 Å². The first-order valence-corrected chi connectivity index (χ1v) is 6.41. The molecule has 0 saturated heterocycles. The molecule has 0 radical (unpaired) electrons. The van der Waals surface area contributed by atoms with Gasteiger partial charge in [-0.25, -0.2) is 9.67 Å². The van der Waals surface area contributed by atoms with Gasteiger partial charge in [0.1, 0.15) is 18.8 Å². The average molecular weight is 298 g/mol. The van der Waals surface area contributed by atoms with Crippen molar-refractivity contribution < 1.29 is 0 Å². The van der Waals surface area contributed by atoms with Gasteiger partial charge >= 0.3 is 0 Å². The van der Waals surface area contributed by atoms with E-state index in [2.05, 4.69) is 15.4 Å². The Kier molecular flexibility index (Phi) is 5.73. The first-order valence-electron chi connectivity index (χ1n) is 5.12. The van der Waals surface area contributed by atoms with Crippen LogP contribution in [-0.4, -0.2) is 31.5 Å². The zero-order valence-electron chi connectivity index (χ0n) is 9.70. The number of alkyl halides is 3. The van der Waals surface area contributed by atoms with E-state index in [1.807, 2.05) is 19.9 Å². The molecule has 0 aromatic carbocycles. The summed E-state index contributed by atoms with van der Waals surface area (Å²) in [5, 5.41) is 7.20. The molecular weight excluding hydrogens is 282 g/mol. The lowest BCUT2D eigenvalue weighted by Gasteiger charge is -2.28. The fraction of sp³-hybridized carbons (Fsp3) is 0.600. The molecule has 17 heavy (non-hydrogen) atoms. The number of nitrogens with one attached hydrogen (secondary N) is 1. The summed E-state index contributed by atoms with van der Waals surface area (Å²) in [6, 6.07) is 0. The second-order valence-corrected chi connectivity index (χ2v) is 5.67. The van der Waals surface area contributed by atoms with E-state index in [0.29, 0.717) is 6.54 Å². The Hall–Kier alpha value is -0.290. The number of rotatable bonds is 6. The van der Waals surface area contributed by atoms with Gasteiger partial charge in [0, 0.05) is 6.54 Å². The molecule has 7 heteroatoms. The van der Waals surface area contributed by atoms with E-state index in [4.69, 9.17) is 34.8 Å². The summed E-state index contributed by atoms with van der Waals surface area (Å²) in [7, 11) is 0. The lowest BCUT2D eigenvalue weighted by atomic mass is 10.3. The van der Waals surface area contributed by atoms with E-state index in [0.717, 1.165) is 0 Å². The molecule has 1 unspecified atom stereocenters. The third-order valence-electron chi connectivity index (χ3n) is 2.10. The Morgan fingerprint density at radius 2 is 2.24 bits per heavy atom. The molecule has 1 atom stereocenters. The molecule has 0 aliphatic rings. The van der Waals surface area contributed by atoms with Crippen LogP contribution in [0.3, 0.4) is 0 Å².